The summed E-state index contributed by atoms with van der Waals surface area (Å²) in [7, 11) is -3.71. The van der Waals surface area contributed by atoms with Gasteiger partial charge in [-0.15, -0.1) is 0 Å². The highest BCUT2D eigenvalue weighted by Crippen LogP contribution is 2.27. The molecule has 138 valence electrons. The van der Waals surface area contributed by atoms with Crippen LogP contribution in [0.4, 0.5) is 5.69 Å². The zero-order valence-electron chi connectivity index (χ0n) is 14.2. The Morgan fingerprint density at radius 3 is 2.62 bits per heavy atom. The van der Waals surface area contributed by atoms with E-state index in [0.29, 0.717) is 21.8 Å². The number of phenolic OH excluding ortho intramolecular Hbond substituents is 1. The largest absolute Gasteiger partial charge is 0.507 e. The number of carbonyl (C=O) groups is 1. The second-order valence-corrected chi connectivity index (χ2v) is 7.82. The lowest BCUT2D eigenvalue weighted by molar-refractivity contribution is -0.119. The van der Waals surface area contributed by atoms with Gasteiger partial charge in [-0.3, -0.25) is 9.10 Å². The molecule has 0 aliphatic rings. The Balaban J connectivity index is 2.15. The summed E-state index contributed by atoms with van der Waals surface area (Å²) in [4.78, 5) is 12.1. The zero-order valence-corrected chi connectivity index (χ0v) is 15.8. The van der Waals surface area contributed by atoms with E-state index in [-0.39, 0.29) is 5.75 Å². The summed E-state index contributed by atoms with van der Waals surface area (Å²) in [6, 6.07) is 11.3. The number of anilines is 1. The van der Waals surface area contributed by atoms with Gasteiger partial charge >= 0.3 is 0 Å². The fourth-order valence-electron chi connectivity index (χ4n) is 2.18. The monoisotopic (exact) mass is 395 g/mol. The van der Waals surface area contributed by atoms with Crippen molar-refractivity contribution in [3.63, 3.8) is 0 Å². The van der Waals surface area contributed by atoms with Crippen LogP contribution in [0.1, 0.15) is 11.1 Å². The number of halogens is 1. The summed E-state index contributed by atoms with van der Waals surface area (Å²) < 4.78 is 25.2. The molecular formula is C17H18ClN3O4S. The average Bonchev–Trinajstić information content (AvgIpc) is 2.56. The summed E-state index contributed by atoms with van der Waals surface area (Å²) >= 11 is 6.04. The van der Waals surface area contributed by atoms with Crippen LogP contribution in [-0.2, 0) is 14.8 Å². The number of benzene rings is 2. The molecule has 2 aromatic carbocycles. The highest BCUT2D eigenvalue weighted by Gasteiger charge is 2.22. The molecule has 2 rings (SSSR count). The number of hydrazone groups is 1. The second kappa shape index (κ2) is 8.20. The zero-order chi connectivity index (χ0) is 19.3. The van der Waals surface area contributed by atoms with Crippen LogP contribution in [0.2, 0.25) is 5.02 Å². The summed E-state index contributed by atoms with van der Waals surface area (Å²) in [6.45, 7) is 1.21. The van der Waals surface area contributed by atoms with Gasteiger partial charge in [0.05, 0.1) is 18.2 Å². The van der Waals surface area contributed by atoms with E-state index in [4.69, 9.17) is 11.6 Å². The summed E-state index contributed by atoms with van der Waals surface area (Å²) in [6.07, 6.45) is 2.27. The Morgan fingerprint density at radius 1 is 1.27 bits per heavy atom. The number of sulfonamides is 1. The fourth-order valence-corrected chi connectivity index (χ4v) is 3.26. The number of phenols is 1. The molecule has 9 heteroatoms. The van der Waals surface area contributed by atoms with Crippen molar-refractivity contribution in [2.75, 3.05) is 17.1 Å². The number of carbonyl (C=O) groups excluding carboxylic acids is 1. The lowest BCUT2D eigenvalue weighted by Crippen LogP contribution is -2.39. The van der Waals surface area contributed by atoms with Crippen LogP contribution >= 0.6 is 11.6 Å². The van der Waals surface area contributed by atoms with Gasteiger partial charge in [-0.05, 0) is 36.8 Å². The maximum atomic E-state index is 12.1. The van der Waals surface area contributed by atoms with Crippen LogP contribution in [0.25, 0.3) is 0 Å². The minimum atomic E-state index is -3.71. The van der Waals surface area contributed by atoms with E-state index in [9.17, 15) is 18.3 Å². The number of nitrogens with one attached hydrogen (secondary N) is 1. The van der Waals surface area contributed by atoms with Gasteiger partial charge in [-0.1, -0.05) is 29.8 Å². The van der Waals surface area contributed by atoms with E-state index in [1.54, 1.807) is 43.3 Å². The third kappa shape index (κ3) is 4.96. The summed E-state index contributed by atoms with van der Waals surface area (Å²) in [5.41, 5.74) is 3.53. The average molecular weight is 396 g/mol. The standard InChI is InChI=1S/C17H18ClN3O4S/c1-12-14(18)7-5-8-15(12)21(26(2,24)25)11-17(23)20-19-10-13-6-3-4-9-16(13)22/h3-10,22H,11H2,1-2H3,(H,20,23)/b19-10-. The highest BCUT2D eigenvalue weighted by atomic mass is 35.5. The predicted molar refractivity (Wildman–Crippen MR) is 102 cm³/mol. The SMILES string of the molecule is Cc1c(Cl)cccc1N(CC(=O)N/N=C\c1ccccc1O)S(C)(=O)=O. The molecule has 0 aliphatic heterocycles. The van der Waals surface area contributed by atoms with Gasteiger partial charge < -0.3 is 5.11 Å². The van der Waals surface area contributed by atoms with Gasteiger partial charge in [0.25, 0.3) is 5.91 Å². The van der Waals surface area contributed by atoms with Crippen molar-refractivity contribution < 1.29 is 18.3 Å². The molecular weight excluding hydrogens is 378 g/mol. The number of hydrogen-bond donors (Lipinski definition) is 2. The molecule has 0 aliphatic carbocycles. The first-order valence-corrected chi connectivity index (χ1v) is 9.75. The molecule has 0 bridgehead atoms. The molecule has 0 heterocycles. The molecule has 0 saturated carbocycles. The Hall–Kier alpha value is -2.58. The van der Waals surface area contributed by atoms with Gasteiger partial charge in [0.1, 0.15) is 12.3 Å². The molecule has 0 saturated heterocycles. The van der Waals surface area contributed by atoms with Gasteiger partial charge in [0, 0.05) is 10.6 Å². The van der Waals surface area contributed by atoms with E-state index >= 15 is 0 Å². The number of aromatic hydroxyl groups is 1. The van der Waals surface area contributed by atoms with Crippen LogP contribution < -0.4 is 9.73 Å². The Morgan fingerprint density at radius 2 is 1.96 bits per heavy atom. The number of rotatable bonds is 6. The molecule has 2 N–H and O–H groups in total. The lowest BCUT2D eigenvalue weighted by atomic mass is 10.2. The molecule has 0 atom stereocenters. The third-order valence-electron chi connectivity index (χ3n) is 3.52. The quantitative estimate of drug-likeness (QED) is 0.579. The molecule has 0 fully saturated rings. The van der Waals surface area contributed by atoms with Gasteiger partial charge in [0.15, 0.2) is 0 Å². The van der Waals surface area contributed by atoms with Crippen LogP contribution in [0, 0.1) is 6.92 Å². The molecule has 0 unspecified atom stereocenters. The van der Waals surface area contributed by atoms with Crippen LogP contribution in [0.5, 0.6) is 5.75 Å². The van der Waals surface area contributed by atoms with Crippen LogP contribution in [0.15, 0.2) is 47.6 Å². The van der Waals surface area contributed by atoms with E-state index < -0.39 is 22.5 Å². The molecule has 26 heavy (non-hydrogen) atoms. The minimum Gasteiger partial charge on any atom is -0.507 e. The molecule has 7 nitrogen and oxygen atoms in total. The highest BCUT2D eigenvalue weighted by molar-refractivity contribution is 7.92. The van der Waals surface area contributed by atoms with Crippen molar-refractivity contribution in [3.8, 4) is 5.75 Å². The first kappa shape index (κ1) is 19.7. The fraction of sp³-hybridized carbons (Fsp3) is 0.176. The van der Waals surface area contributed by atoms with Crippen LogP contribution in [0.3, 0.4) is 0 Å². The third-order valence-corrected chi connectivity index (χ3v) is 5.06. The number of para-hydroxylation sites is 1. The smallest absolute Gasteiger partial charge is 0.260 e. The Labute approximate surface area is 157 Å². The van der Waals surface area contributed by atoms with E-state index in [2.05, 4.69) is 10.5 Å². The van der Waals surface area contributed by atoms with Crippen molar-refractivity contribution in [2.45, 2.75) is 6.92 Å². The van der Waals surface area contributed by atoms with Crippen molar-refractivity contribution in [1.82, 2.24) is 5.43 Å². The molecule has 2 aromatic rings. The Bertz CT molecular complexity index is 945. The molecule has 0 radical (unpaired) electrons. The van der Waals surface area contributed by atoms with Crippen molar-refractivity contribution in [2.24, 2.45) is 5.10 Å². The van der Waals surface area contributed by atoms with Crippen molar-refractivity contribution in [3.05, 3.63) is 58.6 Å². The van der Waals surface area contributed by atoms with E-state index in [1.165, 1.54) is 12.3 Å². The van der Waals surface area contributed by atoms with Crippen LogP contribution in [-0.4, -0.2) is 38.4 Å². The van der Waals surface area contributed by atoms with Gasteiger partial charge in [0.2, 0.25) is 10.0 Å². The topological polar surface area (TPSA) is 99.1 Å². The number of hydrogen-bond acceptors (Lipinski definition) is 5. The second-order valence-electron chi connectivity index (χ2n) is 5.51. The number of nitrogens with zero attached hydrogens (tertiary/aromatic N) is 2. The Kier molecular flexibility index (Phi) is 6.23. The van der Waals surface area contributed by atoms with Crippen molar-refractivity contribution >= 4 is 39.4 Å². The minimum absolute atomic E-state index is 0.0119. The van der Waals surface area contributed by atoms with Gasteiger partial charge in [-0.25, -0.2) is 13.8 Å². The predicted octanol–water partition coefficient (Wildman–Crippen LogP) is 2.27. The molecule has 0 spiro atoms. The number of amides is 1. The van der Waals surface area contributed by atoms with Crippen molar-refractivity contribution in [1.29, 1.82) is 0 Å². The maximum Gasteiger partial charge on any atom is 0.260 e. The molecule has 0 aromatic heterocycles. The molecule has 1 amide bonds. The first-order chi connectivity index (χ1) is 12.2. The maximum absolute atomic E-state index is 12.1. The summed E-state index contributed by atoms with van der Waals surface area (Å²) in [5, 5.41) is 13.8. The van der Waals surface area contributed by atoms with E-state index in [0.717, 1.165) is 10.6 Å². The lowest BCUT2D eigenvalue weighted by Gasteiger charge is -2.23. The van der Waals surface area contributed by atoms with Gasteiger partial charge in [-0.2, -0.15) is 5.10 Å². The summed E-state index contributed by atoms with van der Waals surface area (Å²) in [5.74, 6) is -0.626. The normalized spacial score (nSPS) is 11.5. The van der Waals surface area contributed by atoms with E-state index in [1.807, 2.05) is 0 Å². The first-order valence-electron chi connectivity index (χ1n) is 7.53.